The quantitative estimate of drug-likeness (QED) is 0.725. The van der Waals surface area contributed by atoms with Crippen LogP contribution in [0.1, 0.15) is 40.5 Å². The fraction of sp³-hybridized carbons (Fsp3) is 1.00. The van der Waals surface area contributed by atoms with Crippen LogP contribution in [0.4, 0.5) is 0 Å². The van der Waals surface area contributed by atoms with Crippen molar-refractivity contribution in [2.75, 3.05) is 13.2 Å². The van der Waals surface area contributed by atoms with Gasteiger partial charge >= 0.3 is 0 Å². The maximum Gasteiger partial charge on any atom is 0.0581 e. The van der Waals surface area contributed by atoms with Gasteiger partial charge in [-0.2, -0.15) is 0 Å². The minimum absolute atomic E-state index is 0.261. The highest BCUT2D eigenvalue weighted by molar-refractivity contribution is 4.83. The Morgan fingerprint density at radius 3 is 2.38 bits per heavy atom. The molecular weight excluding hydrogens is 162 g/mol. The van der Waals surface area contributed by atoms with E-state index in [1.54, 1.807) is 0 Å². The molecule has 0 aromatic rings. The molecule has 1 N–H and O–H groups in total. The Hall–Kier alpha value is -0.0800. The third kappa shape index (κ3) is 4.10. The monoisotopic (exact) mass is 185 g/mol. The van der Waals surface area contributed by atoms with Gasteiger partial charge in [-0.25, -0.2) is 0 Å². The zero-order valence-corrected chi connectivity index (χ0v) is 9.39. The summed E-state index contributed by atoms with van der Waals surface area (Å²) in [5, 5.41) is 3.53. The summed E-state index contributed by atoms with van der Waals surface area (Å²) < 4.78 is 5.51. The second-order valence-corrected chi connectivity index (χ2v) is 5.05. The van der Waals surface area contributed by atoms with Crippen molar-refractivity contribution < 1.29 is 4.74 Å². The summed E-state index contributed by atoms with van der Waals surface area (Å²) >= 11 is 0. The van der Waals surface area contributed by atoms with Crippen LogP contribution in [0.3, 0.4) is 0 Å². The van der Waals surface area contributed by atoms with E-state index in [1.165, 1.54) is 12.8 Å². The van der Waals surface area contributed by atoms with Crippen molar-refractivity contribution in [1.29, 1.82) is 0 Å². The predicted molar refractivity (Wildman–Crippen MR) is 55.9 cm³/mol. The van der Waals surface area contributed by atoms with Gasteiger partial charge in [0.25, 0.3) is 0 Å². The van der Waals surface area contributed by atoms with Gasteiger partial charge in [-0.3, -0.25) is 0 Å². The number of hydrogen-bond donors (Lipinski definition) is 1. The first kappa shape index (κ1) is 11.0. The Balaban J connectivity index is 2.02. The summed E-state index contributed by atoms with van der Waals surface area (Å²) in [6.45, 7) is 10.7. The molecule has 0 radical (unpaired) electrons. The van der Waals surface area contributed by atoms with Crippen molar-refractivity contribution in [3.63, 3.8) is 0 Å². The number of nitrogens with one attached hydrogen (secondary N) is 1. The molecule has 2 heteroatoms. The lowest BCUT2D eigenvalue weighted by Gasteiger charge is -2.36. The smallest absolute Gasteiger partial charge is 0.0581 e. The lowest BCUT2D eigenvalue weighted by Crippen LogP contribution is -2.44. The zero-order valence-electron chi connectivity index (χ0n) is 9.39. The zero-order chi connectivity index (χ0) is 9.90. The molecule has 0 heterocycles. The lowest BCUT2D eigenvalue weighted by molar-refractivity contribution is -0.0251. The minimum atomic E-state index is 0.261. The van der Waals surface area contributed by atoms with Crippen LogP contribution in [0.5, 0.6) is 0 Å². The fourth-order valence-corrected chi connectivity index (χ4v) is 1.66. The van der Waals surface area contributed by atoms with Gasteiger partial charge in [-0.1, -0.05) is 0 Å². The maximum absolute atomic E-state index is 5.51. The summed E-state index contributed by atoms with van der Waals surface area (Å²) in [6.07, 6.45) is 3.05. The van der Waals surface area contributed by atoms with Crippen LogP contribution >= 0.6 is 0 Å². The van der Waals surface area contributed by atoms with Gasteiger partial charge in [0.1, 0.15) is 0 Å². The standard InChI is InChI=1S/C11H23NO/c1-5-13-10-6-9(7-10)8-12-11(2,3)4/h9-10,12H,5-8H2,1-4H3. The van der Waals surface area contributed by atoms with Gasteiger partial charge in [-0.15, -0.1) is 0 Å². The lowest BCUT2D eigenvalue weighted by atomic mass is 9.82. The Labute approximate surface area is 82.0 Å². The van der Waals surface area contributed by atoms with Crippen molar-refractivity contribution in [2.24, 2.45) is 5.92 Å². The van der Waals surface area contributed by atoms with Gasteiger partial charge in [-0.05, 0) is 53.0 Å². The molecule has 0 aromatic heterocycles. The summed E-state index contributed by atoms with van der Waals surface area (Å²) in [5.74, 6) is 0.843. The third-order valence-corrected chi connectivity index (χ3v) is 2.52. The first-order valence-electron chi connectivity index (χ1n) is 5.38. The first-order valence-corrected chi connectivity index (χ1v) is 5.38. The van der Waals surface area contributed by atoms with Crippen LogP contribution in [0.2, 0.25) is 0 Å². The van der Waals surface area contributed by atoms with Crippen molar-refractivity contribution in [1.82, 2.24) is 5.32 Å². The highest BCUT2D eigenvalue weighted by Gasteiger charge is 2.29. The summed E-state index contributed by atoms with van der Waals surface area (Å²) in [7, 11) is 0. The number of ether oxygens (including phenoxy) is 1. The summed E-state index contributed by atoms with van der Waals surface area (Å²) in [5.41, 5.74) is 0.261. The highest BCUT2D eigenvalue weighted by atomic mass is 16.5. The fourth-order valence-electron chi connectivity index (χ4n) is 1.66. The summed E-state index contributed by atoms with van der Waals surface area (Å²) in [6, 6.07) is 0. The molecule has 1 aliphatic carbocycles. The van der Waals surface area contributed by atoms with Crippen molar-refractivity contribution >= 4 is 0 Å². The SMILES string of the molecule is CCOC1CC(CNC(C)(C)C)C1. The van der Waals surface area contributed by atoms with Crippen molar-refractivity contribution in [3.8, 4) is 0 Å². The van der Waals surface area contributed by atoms with Crippen LogP contribution in [0.15, 0.2) is 0 Å². The molecule has 1 saturated carbocycles. The molecule has 1 fully saturated rings. The second-order valence-electron chi connectivity index (χ2n) is 5.05. The Morgan fingerprint density at radius 2 is 1.92 bits per heavy atom. The molecule has 13 heavy (non-hydrogen) atoms. The molecule has 0 aromatic carbocycles. The van der Waals surface area contributed by atoms with E-state index in [0.717, 1.165) is 19.1 Å². The van der Waals surface area contributed by atoms with Gasteiger partial charge in [0.15, 0.2) is 0 Å². The van der Waals surface area contributed by atoms with Crippen LogP contribution in [0, 0.1) is 5.92 Å². The van der Waals surface area contributed by atoms with E-state index in [0.29, 0.717) is 6.10 Å². The number of hydrogen-bond acceptors (Lipinski definition) is 2. The topological polar surface area (TPSA) is 21.3 Å². The van der Waals surface area contributed by atoms with Crippen molar-refractivity contribution in [2.45, 2.75) is 52.2 Å². The molecule has 1 aliphatic rings. The van der Waals surface area contributed by atoms with Crippen LogP contribution in [0.25, 0.3) is 0 Å². The van der Waals surface area contributed by atoms with E-state index in [4.69, 9.17) is 4.74 Å². The molecule has 0 atom stereocenters. The van der Waals surface area contributed by atoms with E-state index in [9.17, 15) is 0 Å². The van der Waals surface area contributed by atoms with Crippen LogP contribution in [-0.2, 0) is 4.74 Å². The third-order valence-electron chi connectivity index (χ3n) is 2.52. The van der Waals surface area contributed by atoms with Gasteiger partial charge in [0.05, 0.1) is 6.10 Å². The van der Waals surface area contributed by atoms with E-state index < -0.39 is 0 Å². The molecule has 0 saturated heterocycles. The first-order chi connectivity index (χ1) is 6.01. The highest BCUT2D eigenvalue weighted by Crippen LogP contribution is 2.29. The molecule has 0 aliphatic heterocycles. The van der Waals surface area contributed by atoms with Crippen LogP contribution < -0.4 is 5.32 Å². The molecule has 0 bridgehead atoms. The van der Waals surface area contributed by atoms with E-state index in [2.05, 4.69) is 33.0 Å². The van der Waals surface area contributed by atoms with Crippen molar-refractivity contribution in [3.05, 3.63) is 0 Å². The summed E-state index contributed by atoms with van der Waals surface area (Å²) in [4.78, 5) is 0. The molecule has 0 amide bonds. The normalized spacial score (nSPS) is 28.6. The molecular formula is C11H23NO. The Morgan fingerprint density at radius 1 is 1.31 bits per heavy atom. The molecule has 2 nitrogen and oxygen atoms in total. The Bertz CT molecular complexity index is 145. The molecule has 0 unspecified atom stereocenters. The minimum Gasteiger partial charge on any atom is -0.378 e. The van der Waals surface area contributed by atoms with E-state index in [1.807, 2.05) is 0 Å². The largest absolute Gasteiger partial charge is 0.378 e. The average Bonchev–Trinajstić information content (AvgIpc) is 1.91. The molecule has 0 spiro atoms. The van der Waals surface area contributed by atoms with Gasteiger partial charge < -0.3 is 10.1 Å². The predicted octanol–water partition coefficient (Wildman–Crippen LogP) is 2.19. The number of rotatable bonds is 4. The van der Waals surface area contributed by atoms with E-state index in [-0.39, 0.29) is 5.54 Å². The van der Waals surface area contributed by atoms with Gasteiger partial charge in [0, 0.05) is 12.1 Å². The average molecular weight is 185 g/mol. The molecule has 78 valence electrons. The second kappa shape index (κ2) is 4.43. The van der Waals surface area contributed by atoms with Crippen LogP contribution in [-0.4, -0.2) is 24.8 Å². The van der Waals surface area contributed by atoms with Gasteiger partial charge in [0.2, 0.25) is 0 Å². The Kier molecular flexibility index (Phi) is 3.74. The molecule has 1 rings (SSSR count). The van der Waals surface area contributed by atoms with E-state index >= 15 is 0 Å². The maximum atomic E-state index is 5.51.